The molecule has 0 unspecified atom stereocenters. The molecule has 0 saturated carbocycles. The summed E-state index contributed by atoms with van der Waals surface area (Å²) in [6, 6.07) is 7.48. The number of aromatic nitrogens is 2. The minimum Gasteiger partial charge on any atom is -0.351 e. The van der Waals surface area contributed by atoms with Gasteiger partial charge in [-0.05, 0) is 67.0 Å². The molecule has 0 aliphatic carbocycles. The molecular formula is C17H23BrN4O. The number of carbonyl (C=O) groups excluding carboxylic acids is 1. The third-order valence-electron chi connectivity index (χ3n) is 3.59. The molecule has 0 saturated heterocycles. The third-order valence-corrected chi connectivity index (χ3v) is 4.74. The maximum absolute atomic E-state index is 12.1. The largest absolute Gasteiger partial charge is 0.351 e. The van der Waals surface area contributed by atoms with Crippen molar-refractivity contribution in [1.29, 1.82) is 0 Å². The molecule has 0 aliphatic rings. The van der Waals surface area contributed by atoms with E-state index >= 15 is 0 Å². The number of hydrogen-bond donors (Lipinski definition) is 2. The van der Waals surface area contributed by atoms with Crippen LogP contribution in [-0.2, 0) is 0 Å². The van der Waals surface area contributed by atoms with Gasteiger partial charge in [-0.2, -0.15) is 5.10 Å². The van der Waals surface area contributed by atoms with Crippen LogP contribution in [0.1, 0.15) is 35.1 Å². The first-order chi connectivity index (χ1) is 11.0. The van der Waals surface area contributed by atoms with E-state index in [1.54, 1.807) is 0 Å². The van der Waals surface area contributed by atoms with Gasteiger partial charge in [-0.25, -0.2) is 4.68 Å². The Labute approximate surface area is 145 Å². The van der Waals surface area contributed by atoms with Crippen LogP contribution in [0.2, 0.25) is 0 Å². The van der Waals surface area contributed by atoms with Crippen LogP contribution in [0.25, 0.3) is 5.69 Å². The Morgan fingerprint density at radius 2 is 1.87 bits per heavy atom. The molecule has 0 atom stereocenters. The summed E-state index contributed by atoms with van der Waals surface area (Å²) >= 11 is 3.53. The summed E-state index contributed by atoms with van der Waals surface area (Å²) in [7, 11) is 0. The highest BCUT2D eigenvalue weighted by molar-refractivity contribution is 9.10. The van der Waals surface area contributed by atoms with Crippen LogP contribution in [0.3, 0.4) is 0 Å². The molecule has 2 aromatic rings. The van der Waals surface area contributed by atoms with Crippen molar-refractivity contribution in [2.24, 2.45) is 0 Å². The molecule has 0 spiro atoms. The Morgan fingerprint density at radius 1 is 1.17 bits per heavy atom. The Hall–Kier alpha value is -1.66. The van der Waals surface area contributed by atoms with Gasteiger partial charge in [0.2, 0.25) is 0 Å². The summed E-state index contributed by atoms with van der Waals surface area (Å²) < 4.78 is 2.88. The van der Waals surface area contributed by atoms with E-state index in [0.29, 0.717) is 12.1 Å². The van der Waals surface area contributed by atoms with Crippen molar-refractivity contribution in [1.82, 2.24) is 20.4 Å². The van der Waals surface area contributed by atoms with E-state index in [0.717, 1.165) is 41.1 Å². The summed E-state index contributed by atoms with van der Waals surface area (Å²) in [5.74, 6) is -0.0515. The quantitative estimate of drug-likeness (QED) is 0.728. The van der Waals surface area contributed by atoms with Crippen LogP contribution < -0.4 is 10.6 Å². The molecule has 0 aliphatic heterocycles. The van der Waals surface area contributed by atoms with E-state index < -0.39 is 0 Å². The number of aryl methyl sites for hydroxylation is 1. The van der Waals surface area contributed by atoms with Gasteiger partial charge >= 0.3 is 0 Å². The van der Waals surface area contributed by atoms with Crippen LogP contribution >= 0.6 is 15.9 Å². The van der Waals surface area contributed by atoms with Crippen LogP contribution in [0, 0.1) is 13.8 Å². The number of hydrogen-bond acceptors (Lipinski definition) is 3. The molecular weight excluding hydrogens is 356 g/mol. The van der Waals surface area contributed by atoms with Crippen molar-refractivity contribution in [3.05, 3.63) is 45.7 Å². The number of amides is 1. The molecule has 5 nitrogen and oxygen atoms in total. The fourth-order valence-electron chi connectivity index (χ4n) is 2.30. The summed E-state index contributed by atoms with van der Waals surface area (Å²) in [4.78, 5) is 12.1. The van der Waals surface area contributed by atoms with Gasteiger partial charge in [-0.3, -0.25) is 4.79 Å². The highest BCUT2D eigenvalue weighted by atomic mass is 79.9. The lowest BCUT2D eigenvalue weighted by molar-refractivity contribution is 0.0954. The van der Waals surface area contributed by atoms with E-state index in [1.165, 1.54) is 0 Å². The topological polar surface area (TPSA) is 58.9 Å². The average molecular weight is 379 g/mol. The lowest BCUT2D eigenvalue weighted by Gasteiger charge is -2.08. The van der Waals surface area contributed by atoms with Gasteiger partial charge in [0.05, 0.1) is 21.5 Å². The molecule has 1 heterocycles. The molecule has 0 bridgehead atoms. The maximum atomic E-state index is 12.1. The number of rotatable bonds is 7. The number of benzene rings is 1. The van der Waals surface area contributed by atoms with E-state index in [-0.39, 0.29) is 5.91 Å². The van der Waals surface area contributed by atoms with Crippen molar-refractivity contribution in [2.45, 2.75) is 27.2 Å². The van der Waals surface area contributed by atoms with Crippen molar-refractivity contribution in [3.63, 3.8) is 0 Å². The van der Waals surface area contributed by atoms with Gasteiger partial charge in [-0.1, -0.05) is 6.92 Å². The van der Waals surface area contributed by atoms with Crippen molar-refractivity contribution in [2.75, 3.05) is 19.6 Å². The molecule has 2 rings (SSSR count). The second kappa shape index (κ2) is 8.26. The summed E-state index contributed by atoms with van der Waals surface area (Å²) in [5.41, 5.74) is 3.59. The van der Waals surface area contributed by atoms with Gasteiger partial charge in [0.25, 0.3) is 5.91 Å². The van der Waals surface area contributed by atoms with Crippen molar-refractivity contribution in [3.8, 4) is 5.69 Å². The molecule has 6 heteroatoms. The van der Waals surface area contributed by atoms with Gasteiger partial charge in [-0.15, -0.1) is 0 Å². The molecule has 1 aromatic heterocycles. The normalized spacial score (nSPS) is 10.8. The Bertz CT molecular complexity index is 664. The minimum absolute atomic E-state index is 0.0515. The van der Waals surface area contributed by atoms with E-state index in [2.05, 4.69) is 38.6 Å². The maximum Gasteiger partial charge on any atom is 0.251 e. The zero-order valence-corrected chi connectivity index (χ0v) is 15.4. The van der Waals surface area contributed by atoms with E-state index in [1.807, 2.05) is 42.8 Å². The van der Waals surface area contributed by atoms with Crippen molar-refractivity contribution >= 4 is 21.8 Å². The first kappa shape index (κ1) is 17.7. The Kier molecular flexibility index (Phi) is 6.36. The molecule has 23 heavy (non-hydrogen) atoms. The second-order valence-electron chi connectivity index (χ2n) is 5.45. The third kappa shape index (κ3) is 4.42. The summed E-state index contributed by atoms with van der Waals surface area (Å²) in [6.07, 6.45) is 1.10. The predicted molar refractivity (Wildman–Crippen MR) is 96.2 cm³/mol. The first-order valence-corrected chi connectivity index (χ1v) is 8.65. The summed E-state index contributed by atoms with van der Waals surface area (Å²) in [6.45, 7) is 8.48. The number of carbonyl (C=O) groups is 1. The number of halogens is 1. The molecule has 1 aromatic carbocycles. The van der Waals surface area contributed by atoms with Crippen LogP contribution in [0.15, 0.2) is 28.7 Å². The fourth-order valence-corrected chi connectivity index (χ4v) is 2.54. The minimum atomic E-state index is -0.0515. The SMILES string of the molecule is CCCNCCNC(=O)c1ccc(-n2nc(C)c(Br)c2C)cc1. The molecule has 124 valence electrons. The smallest absolute Gasteiger partial charge is 0.251 e. The zero-order chi connectivity index (χ0) is 16.8. The first-order valence-electron chi connectivity index (χ1n) is 7.85. The van der Waals surface area contributed by atoms with Crippen LogP contribution in [0.5, 0.6) is 0 Å². The van der Waals surface area contributed by atoms with Crippen LogP contribution in [-0.4, -0.2) is 35.3 Å². The zero-order valence-electron chi connectivity index (χ0n) is 13.8. The fraction of sp³-hybridized carbons (Fsp3) is 0.412. The average Bonchev–Trinajstić information content (AvgIpc) is 2.82. The second-order valence-corrected chi connectivity index (χ2v) is 6.24. The molecule has 0 fully saturated rings. The molecule has 0 radical (unpaired) electrons. The van der Waals surface area contributed by atoms with Gasteiger partial charge in [0.1, 0.15) is 0 Å². The molecule has 2 N–H and O–H groups in total. The Morgan fingerprint density at radius 3 is 2.43 bits per heavy atom. The Balaban J connectivity index is 1.99. The van der Waals surface area contributed by atoms with Gasteiger partial charge < -0.3 is 10.6 Å². The lowest BCUT2D eigenvalue weighted by Crippen LogP contribution is -2.32. The van der Waals surface area contributed by atoms with Gasteiger partial charge in [0, 0.05) is 18.7 Å². The van der Waals surface area contributed by atoms with Crippen LogP contribution in [0.4, 0.5) is 0 Å². The van der Waals surface area contributed by atoms with E-state index in [4.69, 9.17) is 0 Å². The highest BCUT2D eigenvalue weighted by Gasteiger charge is 2.11. The highest BCUT2D eigenvalue weighted by Crippen LogP contribution is 2.23. The number of nitrogens with one attached hydrogen (secondary N) is 2. The lowest BCUT2D eigenvalue weighted by atomic mass is 10.2. The summed E-state index contributed by atoms with van der Waals surface area (Å²) in [5, 5.41) is 10.7. The molecule has 1 amide bonds. The predicted octanol–water partition coefficient (Wildman–Crippen LogP) is 2.98. The van der Waals surface area contributed by atoms with Gasteiger partial charge in [0.15, 0.2) is 0 Å². The van der Waals surface area contributed by atoms with Crippen molar-refractivity contribution < 1.29 is 4.79 Å². The number of nitrogens with zero attached hydrogens (tertiary/aromatic N) is 2. The standard InChI is InChI=1S/C17H23BrN4O/c1-4-9-19-10-11-20-17(23)14-5-7-15(8-6-14)22-13(3)16(18)12(2)21-22/h5-8,19H,4,9-11H2,1-3H3,(H,20,23). The van der Waals surface area contributed by atoms with E-state index in [9.17, 15) is 4.79 Å². The monoisotopic (exact) mass is 378 g/mol.